The van der Waals surface area contributed by atoms with Gasteiger partial charge in [-0.25, -0.2) is 24.1 Å². The molecule has 1 N–H and O–H groups in total. The monoisotopic (exact) mass is 605 g/mol. The Kier molecular flexibility index (Phi) is 7.30. The van der Waals surface area contributed by atoms with Crippen LogP contribution in [0.1, 0.15) is 58.5 Å². The molecular weight excluding hydrogens is 573 g/mol. The third-order valence-corrected chi connectivity index (χ3v) is 9.27. The van der Waals surface area contributed by atoms with Crippen LogP contribution in [-0.4, -0.2) is 53.2 Å². The van der Waals surface area contributed by atoms with Crippen LogP contribution in [0.4, 0.5) is 4.39 Å². The molecule has 45 heavy (non-hydrogen) atoms. The molecule has 4 heterocycles. The topological polar surface area (TPSA) is 122 Å². The van der Waals surface area contributed by atoms with Crippen molar-refractivity contribution in [1.29, 1.82) is 5.26 Å². The third-order valence-electron chi connectivity index (χ3n) is 9.27. The third kappa shape index (κ3) is 5.42. The zero-order chi connectivity index (χ0) is 31.1. The Balaban J connectivity index is 1.07. The van der Waals surface area contributed by atoms with Gasteiger partial charge in [-0.2, -0.15) is 5.26 Å². The highest BCUT2D eigenvalue weighted by atomic mass is 19.1. The Morgan fingerprint density at radius 3 is 2.84 bits per heavy atom. The van der Waals surface area contributed by atoms with Gasteiger partial charge in [0.2, 0.25) is 5.88 Å². The number of carbonyl (C=O) groups is 1. The SMILES string of the molecule is CCn1cncc1Cn1c(CN2CC[C@]3(c4cccc(OCc5ccc(C#N)cc5F)n4)C[C@@H]3C2)nc2ccc(C(=O)O)cc21. The molecule has 2 atom stereocenters. The van der Waals surface area contributed by atoms with Crippen LogP contribution < -0.4 is 4.74 Å². The number of piperidine rings is 1. The largest absolute Gasteiger partial charge is 0.478 e. The highest BCUT2D eigenvalue weighted by Crippen LogP contribution is 2.59. The number of ether oxygens (including phenoxy) is 1. The van der Waals surface area contributed by atoms with Crippen LogP contribution in [0, 0.1) is 23.1 Å². The molecule has 1 saturated carbocycles. The van der Waals surface area contributed by atoms with Gasteiger partial charge in [0.15, 0.2) is 0 Å². The van der Waals surface area contributed by atoms with Crippen LogP contribution in [0.25, 0.3) is 11.0 Å². The van der Waals surface area contributed by atoms with Crippen molar-refractivity contribution in [2.75, 3.05) is 13.1 Å². The first kappa shape index (κ1) is 28.7. The standard InChI is InChI=1S/C34H32FN7O3/c1-2-41-21-37-16-26(41)18-42-29-13-23(33(43)44)8-9-28(29)38-31(42)19-40-11-10-34(14-25(34)17-40)30-4-3-5-32(39-30)45-20-24-7-6-22(15-36)12-27(24)35/h3-9,12-13,16,21,25H,2,10-11,14,17-20H2,1H3,(H,43,44)/t25-,34+/m1/s1. The van der Waals surface area contributed by atoms with Gasteiger partial charge in [-0.3, -0.25) is 4.90 Å². The summed E-state index contributed by atoms with van der Waals surface area (Å²) in [5.74, 6) is 0.371. The molecule has 11 heteroatoms. The van der Waals surface area contributed by atoms with E-state index in [1.807, 2.05) is 24.7 Å². The quantitative estimate of drug-likeness (QED) is 0.232. The lowest BCUT2D eigenvalue weighted by molar-refractivity contribution is 0.0697. The Morgan fingerprint density at radius 2 is 2.07 bits per heavy atom. The number of benzene rings is 2. The number of aryl methyl sites for hydroxylation is 1. The van der Waals surface area contributed by atoms with Crippen molar-refractivity contribution in [2.24, 2.45) is 5.92 Å². The smallest absolute Gasteiger partial charge is 0.335 e. The number of likely N-dealkylation sites (tertiary alicyclic amines) is 1. The minimum atomic E-state index is -0.963. The minimum absolute atomic E-state index is 0.000284. The number of aromatic nitrogens is 5. The fourth-order valence-electron chi connectivity index (χ4n) is 6.66. The summed E-state index contributed by atoms with van der Waals surface area (Å²) in [7, 11) is 0. The number of carboxylic acids is 1. The summed E-state index contributed by atoms with van der Waals surface area (Å²) in [6.07, 6.45) is 5.65. The summed E-state index contributed by atoms with van der Waals surface area (Å²) in [6, 6.07) is 17.2. The van der Waals surface area contributed by atoms with Gasteiger partial charge in [-0.05, 0) is 68.6 Å². The summed E-state index contributed by atoms with van der Waals surface area (Å²) < 4.78 is 24.4. The first-order valence-electron chi connectivity index (χ1n) is 15.1. The van der Waals surface area contributed by atoms with Gasteiger partial charge < -0.3 is 19.0 Å². The van der Waals surface area contributed by atoms with E-state index in [0.717, 1.165) is 60.7 Å². The number of hydrogen-bond donors (Lipinski definition) is 1. The van der Waals surface area contributed by atoms with Crippen molar-refractivity contribution in [1.82, 2.24) is 29.0 Å². The number of carboxylic acid groups (broad SMARTS) is 1. The fraction of sp³-hybridized carbons (Fsp3) is 0.324. The first-order valence-corrected chi connectivity index (χ1v) is 15.1. The van der Waals surface area contributed by atoms with Crippen molar-refractivity contribution in [3.63, 3.8) is 0 Å². The number of pyridine rings is 1. The molecule has 2 aromatic carbocycles. The number of nitrogens with zero attached hydrogens (tertiary/aromatic N) is 7. The molecule has 0 spiro atoms. The summed E-state index contributed by atoms with van der Waals surface area (Å²) in [5, 5.41) is 18.6. The van der Waals surface area contributed by atoms with Gasteiger partial charge in [0.1, 0.15) is 18.2 Å². The number of nitriles is 1. The normalized spacial score (nSPS) is 19.3. The van der Waals surface area contributed by atoms with E-state index in [1.54, 1.807) is 36.4 Å². The van der Waals surface area contributed by atoms with Crippen LogP contribution in [0.2, 0.25) is 0 Å². The summed E-state index contributed by atoms with van der Waals surface area (Å²) in [6.45, 7) is 5.87. The maximum atomic E-state index is 14.3. The number of fused-ring (bicyclic) bond motifs is 2. The molecule has 228 valence electrons. The zero-order valence-electron chi connectivity index (χ0n) is 24.9. The summed E-state index contributed by atoms with van der Waals surface area (Å²) in [4.78, 5) is 28.3. The van der Waals surface area contributed by atoms with Crippen LogP contribution in [0.3, 0.4) is 0 Å². The first-order chi connectivity index (χ1) is 21.9. The average molecular weight is 606 g/mol. The van der Waals surface area contributed by atoms with Gasteiger partial charge in [0, 0.05) is 36.3 Å². The van der Waals surface area contributed by atoms with Crippen molar-refractivity contribution >= 4 is 17.0 Å². The van der Waals surface area contributed by atoms with E-state index in [2.05, 4.69) is 32.0 Å². The number of rotatable bonds is 10. The van der Waals surface area contributed by atoms with E-state index in [0.29, 0.717) is 30.5 Å². The second-order valence-electron chi connectivity index (χ2n) is 11.9. The van der Waals surface area contributed by atoms with Gasteiger partial charge in [-0.15, -0.1) is 0 Å². The molecule has 0 bridgehead atoms. The second-order valence-corrected chi connectivity index (χ2v) is 11.9. The molecule has 1 aliphatic carbocycles. The van der Waals surface area contributed by atoms with Gasteiger partial charge in [-0.1, -0.05) is 12.1 Å². The van der Waals surface area contributed by atoms with E-state index < -0.39 is 11.8 Å². The lowest BCUT2D eigenvalue weighted by Crippen LogP contribution is -2.37. The van der Waals surface area contributed by atoms with Crippen LogP contribution >= 0.6 is 0 Å². The molecule has 0 radical (unpaired) electrons. The van der Waals surface area contributed by atoms with Gasteiger partial charge in [0.25, 0.3) is 0 Å². The number of hydrogen-bond acceptors (Lipinski definition) is 7. The lowest BCUT2D eigenvalue weighted by atomic mass is 9.91. The molecule has 1 aliphatic heterocycles. The lowest BCUT2D eigenvalue weighted by Gasteiger charge is -2.31. The number of halogens is 1. The Hall–Kier alpha value is -5.08. The van der Waals surface area contributed by atoms with E-state index in [-0.39, 0.29) is 23.1 Å². The highest BCUT2D eigenvalue weighted by molar-refractivity contribution is 5.92. The summed E-state index contributed by atoms with van der Waals surface area (Å²) >= 11 is 0. The van der Waals surface area contributed by atoms with E-state index >= 15 is 0 Å². The molecule has 7 rings (SSSR count). The van der Waals surface area contributed by atoms with Crippen molar-refractivity contribution < 1.29 is 19.0 Å². The zero-order valence-corrected chi connectivity index (χ0v) is 24.9. The molecule has 1 saturated heterocycles. The second kappa shape index (κ2) is 11.4. The van der Waals surface area contributed by atoms with Crippen molar-refractivity contribution in [3.8, 4) is 11.9 Å². The molecule has 0 unspecified atom stereocenters. The highest BCUT2D eigenvalue weighted by Gasteiger charge is 2.58. The maximum absolute atomic E-state index is 14.3. The average Bonchev–Trinajstić information content (AvgIpc) is 3.45. The Morgan fingerprint density at radius 1 is 1.18 bits per heavy atom. The van der Waals surface area contributed by atoms with Gasteiger partial charge in [0.05, 0.1) is 59.0 Å². The molecular formula is C34H32FN7O3. The van der Waals surface area contributed by atoms with Crippen LogP contribution in [0.5, 0.6) is 5.88 Å². The number of aromatic carboxylic acids is 1. The predicted octanol–water partition coefficient (Wildman–Crippen LogP) is 5.15. The predicted molar refractivity (Wildman–Crippen MR) is 163 cm³/mol. The maximum Gasteiger partial charge on any atom is 0.335 e. The van der Waals surface area contributed by atoms with Crippen LogP contribution in [0.15, 0.2) is 67.1 Å². The van der Waals surface area contributed by atoms with Gasteiger partial charge >= 0.3 is 5.97 Å². The Labute approximate surface area is 259 Å². The Bertz CT molecular complexity index is 1960. The van der Waals surface area contributed by atoms with E-state index in [1.165, 1.54) is 6.07 Å². The molecule has 5 aromatic rings. The number of imidazole rings is 2. The molecule has 2 aliphatic rings. The molecule has 3 aromatic heterocycles. The van der Waals surface area contributed by atoms with E-state index in [9.17, 15) is 14.3 Å². The fourth-order valence-corrected chi connectivity index (χ4v) is 6.66. The van der Waals surface area contributed by atoms with Crippen molar-refractivity contribution in [2.45, 2.75) is 51.4 Å². The molecule has 0 amide bonds. The molecule has 10 nitrogen and oxygen atoms in total. The van der Waals surface area contributed by atoms with Crippen LogP contribution in [-0.2, 0) is 31.7 Å². The minimum Gasteiger partial charge on any atom is -0.478 e. The van der Waals surface area contributed by atoms with Crippen molar-refractivity contribution in [3.05, 3.63) is 107 Å². The van der Waals surface area contributed by atoms with E-state index in [4.69, 9.17) is 20.0 Å². The molecule has 2 fully saturated rings. The summed E-state index contributed by atoms with van der Waals surface area (Å²) in [5.41, 5.74) is 4.50.